The highest BCUT2D eigenvalue weighted by Crippen LogP contribution is 2.34. The molecule has 1 aliphatic rings. The van der Waals surface area contributed by atoms with Crippen LogP contribution >= 0.6 is 11.6 Å². The highest BCUT2D eigenvalue weighted by atomic mass is 35.5. The summed E-state index contributed by atoms with van der Waals surface area (Å²) in [5, 5.41) is 0.794. The first-order valence-corrected chi connectivity index (χ1v) is 6.35. The Hall–Kier alpha value is -0.570. The summed E-state index contributed by atoms with van der Waals surface area (Å²) in [5.74, 6) is 0. The third kappa shape index (κ3) is 2.57. The molecule has 1 aliphatic carbocycles. The summed E-state index contributed by atoms with van der Waals surface area (Å²) in [5.41, 5.74) is 7.15. The Kier molecular flexibility index (Phi) is 3.85. The Balaban J connectivity index is 2.20. The number of nitrogens with zero attached hydrogens (tertiary/aromatic N) is 1. The molecule has 0 aromatic heterocycles. The molecule has 1 atom stereocenters. The molecule has 2 rings (SSSR count). The molecule has 16 heavy (non-hydrogen) atoms. The van der Waals surface area contributed by atoms with Crippen LogP contribution in [0.25, 0.3) is 0 Å². The molecule has 0 spiro atoms. The van der Waals surface area contributed by atoms with E-state index < -0.39 is 0 Å². The van der Waals surface area contributed by atoms with Gasteiger partial charge in [-0.05, 0) is 37.1 Å². The maximum absolute atomic E-state index is 6.03. The highest BCUT2D eigenvalue weighted by Gasteiger charge is 2.32. The maximum Gasteiger partial charge on any atom is 0.0473 e. The van der Waals surface area contributed by atoms with E-state index in [1.54, 1.807) is 0 Å². The summed E-state index contributed by atoms with van der Waals surface area (Å²) in [4.78, 5) is 2.49. The molecule has 3 heteroatoms. The van der Waals surface area contributed by atoms with E-state index in [0.717, 1.165) is 17.6 Å². The first-order valence-electron chi connectivity index (χ1n) is 5.97. The van der Waals surface area contributed by atoms with Crippen LogP contribution in [0.1, 0.15) is 31.4 Å². The SMILES string of the molecule is CCN(C1CC1)C(CN)c1cccc(Cl)c1. The third-order valence-electron chi connectivity index (χ3n) is 3.24. The summed E-state index contributed by atoms with van der Waals surface area (Å²) >= 11 is 6.03. The Morgan fingerprint density at radius 2 is 2.25 bits per heavy atom. The smallest absolute Gasteiger partial charge is 0.0473 e. The van der Waals surface area contributed by atoms with Crippen molar-refractivity contribution in [3.8, 4) is 0 Å². The Labute approximate surface area is 102 Å². The van der Waals surface area contributed by atoms with Crippen LogP contribution in [-0.4, -0.2) is 24.0 Å². The lowest BCUT2D eigenvalue weighted by Gasteiger charge is -2.30. The van der Waals surface area contributed by atoms with Crippen molar-refractivity contribution in [2.24, 2.45) is 5.73 Å². The molecular formula is C13H19ClN2. The molecule has 0 amide bonds. The summed E-state index contributed by atoms with van der Waals surface area (Å²) in [7, 11) is 0. The van der Waals surface area contributed by atoms with Crippen LogP contribution in [-0.2, 0) is 0 Å². The van der Waals surface area contributed by atoms with Crippen LogP contribution < -0.4 is 5.73 Å². The second-order valence-corrected chi connectivity index (χ2v) is 4.80. The molecule has 0 heterocycles. The quantitative estimate of drug-likeness (QED) is 0.855. The average Bonchev–Trinajstić information content (AvgIpc) is 3.09. The van der Waals surface area contributed by atoms with Gasteiger partial charge in [-0.15, -0.1) is 0 Å². The van der Waals surface area contributed by atoms with Crippen LogP contribution in [0.4, 0.5) is 0 Å². The minimum Gasteiger partial charge on any atom is -0.329 e. The fraction of sp³-hybridized carbons (Fsp3) is 0.538. The molecule has 1 aromatic rings. The number of nitrogens with two attached hydrogens (primary N) is 1. The zero-order valence-electron chi connectivity index (χ0n) is 9.70. The lowest BCUT2D eigenvalue weighted by atomic mass is 10.1. The predicted octanol–water partition coefficient (Wildman–Crippen LogP) is 2.82. The summed E-state index contributed by atoms with van der Waals surface area (Å²) in [6.45, 7) is 3.91. The van der Waals surface area contributed by atoms with Crippen molar-refractivity contribution in [3.63, 3.8) is 0 Å². The van der Waals surface area contributed by atoms with Crippen molar-refractivity contribution in [3.05, 3.63) is 34.9 Å². The van der Waals surface area contributed by atoms with Crippen molar-refractivity contribution >= 4 is 11.6 Å². The van der Waals surface area contributed by atoms with Gasteiger partial charge in [0.2, 0.25) is 0 Å². The monoisotopic (exact) mass is 238 g/mol. The Morgan fingerprint density at radius 1 is 1.50 bits per heavy atom. The minimum absolute atomic E-state index is 0.316. The van der Waals surface area contributed by atoms with E-state index in [-0.39, 0.29) is 0 Å². The van der Waals surface area contributed by atoms with Crippen molar-refractivity contribution in [1.29, 1.82) is 0 Å². The molecule has 2 nitrogen and oxygen atoms in total. The van der Waals surface area contributed by atoms with Gasteiger partial charge in [0.1, 0.15) is 0 Å². The number of hydrogen-bond donors (Lipinski definition) is 1. The summed E-state index contributed by atoms with van der Waals surface area (Å²) in [6, 6.07) is 9.11. The maximum atomic E-state index is 6.03. The summed E-state index contributed by atoms with van der Waals surface area (Å²) in [6.07, 6.45) is 2.62. The van der Waals surface area contributed by atoms with Gasteiger partial charge in [0, 0.05) is 23.7 Å². The molecule has 2 N–H and O–H groups in total. The number of benzene rings is 1. The van der Waals surface area contributed by atoms with E-state index in [4.69, 9.17) is 17.3 Å². The third-order valence-corrected chi connectivity index (χ3v) is 3.47. The molecular weight excluding hydrogens is 220 g/mol. The van der Waals surface area contributed by atoms with Crippen molar-refractivity contribution < 1.29 is 0 Å². The van der Waals surface area contributed by atoms with Gasteiger partial charge >= 0.3 is 0 Å². The van der Waals surface area contributed by atoms with Crippen molar-refractivity contribution in [2.45, 2.75) is 31.8 Å². The van der Waals surface area contributed by atoms with E-state index in [9.17, 15) is 0 Å². The van der Waals surface area contributed by atoms with Gasteiger partial charge in [-0.25, -0.2) is 0 Å². The van der Waals surface area contributed by atoms with E-state index in [1.807, 2.05) is 18.2 Å². The van der Waals surface area contributed by atoms with Crippen LogP contribution in [0, 0.1) is 0 Å². The van der Waals surface area contributed by atoms with Gasteiger partial charge in [0.25, 0.3) is 0 Å². The fourth-order valence-electron chi connectivity index (χ4n) is 2.32. The van der Waals surface area contributed by atoms with Gasteiger partial charge in [-0.2, -0.15) is 0 Å². The van der Waals surface area contributed by atoms with Crippen LogP contribution in [0.15, 0.2) is 24.3 Å². The van der Waals surface area contributed by atoms with E-state index in [0.29, 0.717) is 12.6 Å². The van der Waals surface area contributed by atoms with Gasteiger partial charge in [-0.1, -0.05) is 30.7 Å². The van der Waals surface area contributed by atoms with Crippen molar-refractivity contribution in [2.75, 3.05) is 13.1 Å². The Morgan fingerprint density at radius 3 is 2.75 bits per heavy atom. The number of halogens is 1. The van der Waals surface area contributed by atoms with Gasteiger partial charge in [0.15, 0.2) is 0 Å². The molecule has 1 aromatic carbocycles. The molecule has 1 saturated carbocycles. The molecule has 1 unspecified atom stereocenters. The largest absolute Gasteiger partial charge is 0.329 e. The lowest BCUT2D eigenvalue weighted by Crippen LogP contribution is -2.35. The van der Waals surface area contributed by atoms with Crippen LogP contribution in [0.5, 0.6) is 0 Å². The number of likely N-dealkylation sites (N-methyl/N-ethyl adjacent to an activating group) is 1. The lowest BCUT2D eigenvalue weighted by molar-refractivity contribution is 0.202. The van der Waals surface area contributed by atoms with Crippen LogP contribution in [0.2, 0.25) is 5.02 Å². The average molecular weight is 239 g/mol. The first-order chi connectivity index (χ1) is 7.76. The molecule has 0 radical (unpaired) electrons. The molecule has 1 fully saturated rings. The normalized spacial score (nSPS) is 17.8. The molecule has 0 bridgehead atoms. The van der Waals surface area contributed by atoms with Crippen molar-refractivity contribution in [1.82, 2.24) is 4.90 Å². The van der Waals surface area contributed by atoms with Gasteiger partial charge in [0.05, 0.1) is 0 Å². The summed E-state index contributed by atoms with van der Waals surface area (Å²) < 4.78 is 0. The topological polar surface area (TPSA) is 29.3 Å². The van der Waals surface area contributed by atoms with E-state index >= 15 is 0 Å². The molecule has 88 valence electrons. The second-order valence-electron chi connectivity index (χ2n) is 4.37. The minimum atomic E-state index is 0.316. The second kappa shape index (κ2) is 5.17. The predicted molar refractivity (Wildman–Crippen MR) is 68.6 cm³/mol. The first kappa shape index (κ1) is 11.9. The number of rotatable bonds is 5. The van der Waals surface area contributed by atoms with E-state index in [2.05, 4.69) is 17.9 Å². The van der Waals surface area contributed by atoms with Gasteiger partial charge < -0.3 is 5.73 Å². The van der Waals surface area contributed by atoms with Gasteiger partial charge in [-0.3, -0.25) is 4.90 Å². The van der Waals surface area contributed by atoms with Crippen LogP contribution in [0.3, 0.4) is 0 Å². The highest BCUT2D eigenvalue weighted by molar-refractivity contribution is 6.30. The Bertz CT molecular complexity index is 350. The molecule has 0 saturated heterocycles. The zero-order valence-corrected chi connectivity index (χ0v) is 10.5. The fourth-order valence-corrected chi connectivity index (χ4v) is 2.51. The standard InChI is InChI=1S/C13H19ClN2/c1-2-16(12-6-7-12)13(9-15)10-4-3-5-11(14)8-10/h3-5,8,12-13H,2,6-7,9,15H2,1H3. The van der Waals surface area contributed by atoms with E-state index in [1.165, 1.54) is 18.4 Å². The molecule has 0 aliphatic heterocycles. The number of hydrogen-bond acceptors (Lipinski definition) is 2. The zero-order chi connectivity index (χ0) is 11.5.